The summed E-state index contributed by atoms with van der Waals surface area (Å²) in [5.74, 6) is 4.65. The van der Waals surface area contributed by atoms with Crippen LogP contribution in [0.15, 0.2) is 0 Å². The van der Waals surface area contributed by atoms with Crippen LogP contribution in [-0.4, -0.2) is 11.2 Å². The second-order valence-electron chi connectivity index (χ2n) is 9.68. The predicted octanol–water partition coefficient (Wildman–Crippen LogP) is 5.03. The van der Waals surface area contributed by atoms with E-state index in [1.165, 1.54) is 51.4 Å². The van der Waals surface area contributed by atoms with Gasteiger partial charge in [-0.05, 0) is 91.8 Å². The average Bonchev–Trinajstić information content (AvgIpc) is 2.74. The summed E-state index contributed by atoms with van der Waals surface area (Å²) in [5, 5.41) is 10.5. The molecular weight excluding hydrogens is 256 g/mol. The molecule has 0 unspecified atom stereocenters. The zero-order valence-corrected chi connectivity index (χ0v) is 14.3. The molecule has 0 aromatic heterocycles. The quantitative estimate of drug-likeness (QED) is 0.663. The average molecular weight is 290 g/mol. The van der Waals surface area contributed by atoms with E-state index < -0.39 is 0 Å². The SMILES string of the molecule is C[C@@H]1CC[C@@H]2CC[C@@H]3[C@H](CC[C@]4(C)[C@@H](O)CC[C@@H]34)[C@@]2(C)C1. The Bertz CT molecular complexity index is 418. The first-order valence-electron chi connectivity index (χ1n) is 9.63. The van der Waals surface area contributed by atoms with Crippen LogP contribution >= 0.6 is 0 Å². The van der Waals surface area contributed by atoms with Gasteiger partial charge in [0.1, 0.15) is 0 Å². The maximum absolute atomic E-state index is 10.5. The van der Waals surface area contributed by atoms with E-state index >= 15 is 0 Å². The van der Waals surface area contributed by atoms with E-state index in [-0.39, 0.29) is 11.5 Å². The second kappa shape index (κ2) is 4.73. The maximum Gasteiger partial charge on any atom is 0.0596 e. The lowest BCUT2D eigenvalue weighted by Gasteiger charge is -2.61. The van der Waals surface area contributed by atoms with Crippen molar-refractivity contribution in [1.82, 2.24) is 0 Å². The van der Waals surface area contributed by atoms with E-state index in [0.717, 1.165) is 36.0 Å². The summed E-state index contributed by atoms with van der Waals surface area (Å²) >= 11 is 0. The minimum absolute atomic E-state index is 0.0146. The van der Waals surface area contributed by atoms with E-state index in [1.807, 2.05) is 0 Å². The topological polar surface area (TPSA) is 20.2 Å². The monoisotopic (exact) mass is 290 g/mol. The van der Waals surface area contributed by atoms with Crippen LogP contribution < -0.4 is 0 Å². The minimum atomic E-state index is -0.0146. The molecule has 0 aromatic rings. The Labute approximate surface area is 130 Å². The summed E-state index contributed by atoms with van der Waals surface area (Å²) in [6.45, 7) is 7.54. The maximum atomic E-state index is 10.5. The molecule has 1 nitrogen and oxygen atoms in total. The zero-order valence-electron chi connectivity index (χ0n) is 14.3. The molecule has 0 aromatic carbocycles. The highest BCUT2D eigenvalue weighted by atomic mass is 16.3. The van der Waals surface area contributed by atoms with Crippen LogP contribution in [0.1, 0.15) is 78.6 Å². The van der Waals surface area contributed by atoms with Crippen molar-refractivity contribution in [2.24, 2.45) is 40.4 Å². The highest BCUT2D eigenvalue weighted by Gasteiger charge is 2.59. The van der Waals surface area contributed by atoms with E-state index in [4.69, 9.17) is 0 Å². The lowest BCUT2D eigenvalue weighted by molar-refractivity contribution is -0.127. The van der Waals surface area contributed by atoms with Gasteiger partial charge in [-0.2, -0.15) is 0 Å². The van der Waals surface area contributed by atoms with Crippen molar-refractivity contribution in [1.29, 1.82) is 0 Å². The molecule has 120 valence electrons. The molecular formula is C20H34O. The fraction of sp³-hybridized carbons (Fsp3) is 1.00. The number of aliphatic hydroxyl groups excluding tert-OH is 1. The van der Waals surface area contributed by atoms with Gasteiger partial charge in [0.2, 0.25) is 0 Å². The first-order valence-corrected chi connectivity index (χ1v) is 9.63. The van der Waals surface area contributed by atoms with Crippen LogP contribution in [0.25, 0.3) is 0 Å². The van der Waals surface area contributed by atoms with Crippen LogP contribution in [0.5, 0.6) is 0 Å². The van der Waals surface area contributed by atoms with Crippen molar-refractivity contribution in [2.75, 3.05) is 0 Å². The molecule has 0 bridgehead atoms. The summed E-state index contributed by atoms with van der Waals surface area (Å²) in [5.41, 5.74) is 0.875. The number of hydrogen-bond donors (Lipinski definition) is 1. The third-order valence-electron chi connectivity index (χ3n) is 8.81. The molecule has 8 atom stereocenters. The molecule has 0 radical (unpaired) electrons. The Kier molecular flexibility index (Phi) is 3.27. The van der Waals surface area contributed by atoms with Crippen LogP contribution in [-0.2, 0) is 0 Å². The summed E-state index contributed by atoms with van der Waals surface area (Å²) in [6.07, 6.45) is 12.4. The molecule has 0 aliphatic heterocycles. The van der Waals surface area contributed by atoms with Crippen molar-refractivity contribution in [3.63, 3.8) is 0 Å². The van der Waals surface area contributed by atoms with Gasteiger partial charge in [0.15, 0.2) is 0 Å². The Morgan fingerprint density at radius 2 is 1.52 bits per heavy atom. The smallest absolute Gasteiger partial charge is 0.0596 e. The summed E-state index contributed by atoms with van der Waals surface area (Å²) in [7, 11) is 0. The van der Waals surface area contributed by atoms with Gasteiger partial charge < -0.3 is 5.11 Å². The summed E-state index contributed by atoms with van der Waals surface area (Å²) < 4.78 is 0. The van der Waals surface area contributed by atoms with Gasteiger partial charge in [0.05, 0.1) is 6.10 Å². The molecule has 4 rings (SSSR count). The third kappa shape index (κ3) is 1.92. The molecule has 4 fully saturated rings. The van der Waals surface area contributed by atoms with Crippen LogP contribution in [0.3, 0.4) is 0 Å². The molecule has 1 N–H and O–H groups in total. The van der Waals surface area contributed by atoms with Gasteiger partial charge in [0.25, 0.3) is 0 Å². The van der Waals surface area contributed by atoms with Gasteiger partial charge in [0, 0.05) is 0 Å². The fourth-order valence-electron chi connectivity index (χ4n) is 7.64. The van der Waals surface area contributed by atoms with Crippen molar-refractivity contribution >= 4 is 0 Å². The lowest BCUT2D eigenvalue weighted by atomic mass is 9.44. The number of rotatable bonds is 0. The molecule has 21 heavy (non-hydrogen) atoms. The highest BCUT2D eigenvalue weighted by Crippen LogP contribution is 2.66. The van der Waals surface area contributed by atoms with Crippen molar-refractivity contribution in [3.8, 4) is 0 Å². The molecule has 0 heterocycles. The molecule has 0 saturated heterocycles. The largest absolute Gasteiger partial charge is 0.393 e. The third-order valence-corrected chi connectivity index (χ3v) is 8.81. The lowest BCUT2D eigenvalue weighted by Crippen LogP contribution is -2.54. The minimum Gasteiger partial charge on any atom is -0.393 e. The van der Waals surface area contributed by atoms with Crippen molar-refractivity contribution in [3.05, 3.63) is 0 Å². The number of hydrogen-bond acceptors (Lipinski definition) is 1. The molecule has 4 aliphatic carbocycles. The van der Waals surface area contributed by atoms with E-state index in [0.29, 0.717) is 5.41 Å². The molecule has 1 heteroatoms. The van der Waals surface area contributed by atoms with Crippen molar-refractivity contribution < 1.29 is 5.11 Å². The first-order chi connectivity index (χ1) is 9.95. The van der Waals surface area contributed by atoms with Gasteiger partial charge in [-0.1, -0.05) is 27.2 Å². The Balaban J connectivity index is 1.64. The number of aliphatic hydroxyl groups is 1. The molecule has 0 spiro atoms. The summed E-state index contributed by atoms with van der Waals surface area (Å²) in [6, 6.07) is 0. The van der Waals surface area contributed by atoms with E-state index in [2.05, 4.69) is 20.8 Å². The highest BCUT2D eigenvalue weighted by molar-refractivity contribution is 5.09. The number of fused-ring (bicyclic) bond motifs is 5. The Hall–Kier alpha value is -0.0400. The van der Waals surface area contributed by atoms with Gasteiger partial charge in [-0.15, -0.1) is 0 Å². The second-order valence-corrected chi connectivity index (χ2v) is 9.68. The standard InChI is InChI=1S/C20H34O/c1-13-4-5-14-6-7-15-16-8-9-18(21)19(16,2)11-10-17(15)20(14,3)12-13/h13-18,21H,4-12H2,1-3H3/t13-,14-,15+,16+,17+,18+,19+,20+/m1/s1. The summed E-state index contributed by atoms with van der Waals surface area (Å²) in [4.78, 5) is 0. The van der Waals surface area contributed by atoms with Crippen LogP contribution in [0.4, 0.5) is 0 Å². The van der Waals surface area contributed by atoms with Gasteiger partial charge in [-0.25, -0.2) is 0 Å². The molecule has 4 aliphatic rings. The Morgan fingerprint density at radius 1 is 0.810 bits per heavy atom. The zero-order chi connectivity index (χ0) is 14.8. The fourth-order valence-corrected chi connectivity index (χ4v) is 7.64. The first kappa shape index (κ1) is 14.5. The van der Waals surface area contributed by atoms with Crippen LogP contribution in [0.2, 0.25) is 0 Å². The Morgan fingerprint density at radius 3 is 2.33 bits per heavy atom. The van der Waals surface area contributed by atoms with Crippen LogP contribution in [0, 0.1) is 40.4 Å². The molecule has 0 amide bonds. The molecule has 4 saturated carbocycles. The van der Waals surface area contributed by atoms with E-state index in [9.17, 15) is 5.11 Å². The van der Waals surface area contributed by atoms with Crippen molar-refractivity contribution in [2.45, 2.75) is 84.7 Å². The van der Waals surface area contributed by atoms with Gasteiger partial charge in [-0.3, -0.25) is 0 Å². The van der Waals surface area contributed by atoms with Gasteiger partial charge >= 0.3 is 0 Å². The van der Waals surface area contributed by atoms with E-state index in [1.54, 1.807) is 0 Å². The predicted molar refractivity (Wildman–Crippen MR) is 86.9 cm³/mol. The normalized spacial score (nSPS) is 60.0.